The Labute approximate surface area is 186 Å². The van der Waals surface area contributed by atoms with Crippen LogP contribution in [0.3, 0.4) is 0 Å². The monoisotopic (exact) mass is 442 g/mol. The number of rotatable bonds is 9. The molecule has 0 atom stereocenters. The molecule has 0 spiro atoms. The highest BCUT2D eigenvalue weighted by molar-refractivity contribution is 7.16. The molecule has 0 fully saturated rings. The van der Waals surface area contributed by atoms with Crippen molar-refractivity contribution in [3.05, 3.63) is 45.3 Å². The first-order chi connectivity index (χ1) is 14.9. The zero-order valence-corrected chi connectivity index (χ0v) is 19.1. The van der Waals surface area contributed by atoms with Crippen molar-refractivity contribution in [3.8, 4) is 17.6 Å². The number of unbranched alkanes of at least 4 members (excludes halogenated alkanes) is 1. The lowest BCUT2D eigenvalue weighted by molar-refractivity contribution is -0.112. The van der Waals surface area contributed by atoms with Crippen molar-refractivity contribution in [3.63, 3.8) is 0 Å². The second-order valence-electron chi connectivity index (χ2n) is 6.72. The zero-order chi connectivity index (χ0) is 23.0. The molecule has 1 aromatic heterocycles. The van der Waals surface area contributed by atoms with Crippen molar-refractivity contribution in [2.75, 3.05) is 26.1 Å². The van der Waals surface area contributed by atoms with E-state index in [1.165, 1.54) is 31.6 Å². The number of carbonyl (C=O) groups excluding carboxylic acids is 2. The van der Waals surface area contributed by atoms with Crippen molar-refractivity contribution >= 4 is 34.3 Å². The summed E-state index contributed by atoms with van der Waals surface area (Å²) in [6.07, 6.45) is 3.41. The number of amides is 1. The average molecular weight is 443 g/mol. The molecule has 7 nitrogen and oxygen atoms in total. The van der Waals surface area contributed by atoms with Gasteiger partial charge in [-0.25, -0.2) is 4.79 Å². The van der Waals surface area contributed by atoms with Crippen LogP contribution in [0.5, 0.6) is 11.5 Å². The summed E-state index contributed by atoms with van der Waals surface area (Å²) >= 11 is 1.26. The Bertz CT molecular complexity index is 1030. The van der Waals surface area contributed by atoms with Crippen LogP contribution in [0.4, 0.5) is 5.00 Å². The number of nitrogens with one attached hydrogen (secondary N) is 1. The van der Waals surface area contributed by atoms with Gasteiger partial charge in [0.1, 0.15) is 16.6 Å². The van der Waals surface area contributed by atoms with Crippen LogP contribution in [0, 0.1) is 25.2 Å². The molecular weight excluding hydrogens is 416 g/mol. The van der Waals surface area contributed by atoms with Crippen LogP contribution in [0.15, 0.2) is 23.8 Å². The van der Waals surface area contributed by atoms with Gasteiger partial charge in [-0.15, -0.1) is 11.3 Å². The highest BCUT2D eigenvalue weighted by atomic mass is 32.1. The number of aryl methyl sites for hydroxylation is 1. The summed E-state index contributed by atoms with van der Waals surface area (Å²) < 4.78 is 15.9. The predicted molar refractivity (Wildman–Crippen MR) is 121 cm³/mol. The van der Waals surface area contributed by atoms with Gasteiger partial charge in [-0.2, -0.15) is 5.26 Å². The molecule has 0 unspecified atom stereocenters. The summed E-state index contributed by atoms with van der Waals surface area (Å²) in [6.45, 7) is 6.29. The van der Waals surface area contributed by atoms with Gasteiger partial charge in [0, 0.05) is 4.88 Å². The summed E-state index contributed by atoms with van der Waals surface area (Å²) in [5.74, 6) is -0.0393. The van der Waals surface area contributed by atoms with E-state index in [9.17, 15) is 14.9 Å². The van der Waals surface area contributed by atoms with Gasteiger partial charge in [-0.1, -0.05) is 19.4 Å². The number of benzene rings is 1. The fourth-order valence-corrected chi connectivity index (χ4v) is 3.81. The second-order valence-corrected chi connectivity index (χ2v) is 7.94. The maximum Gasteiger partial charge on any atom is 0.341 e. The van der Waals surface area contributed by atoms with Crippen molar-refractivity contribution in [1.29, 1.82) is 5.26 Å². The van der Waals surface area contributed by atoms with Crippen LogP contribution in [-0.2, 0) is 9.53 Å². The summed E-state index contributed by atoms with van der Waals surface area (Å²) in [6, 6.07) is 7.10. The molecule has 1 N–H and O–H groups in total. The fourth-order valence-electron chi connectivity index (χ4n) is 2.77. The lowest BCUT2D eigenvalue weighted by Gasteiger charge is -2.11. The quantitative estimate of drug-likeness (QED) is 0.257. The number of nitrogens with zero attached hydrogens (tertiary/aromatic N) is 1. The molecule has 0 saturated heterocycles. The van der Waals surface area contributed by atoms with Crippen LogP contribution in [0.1, 0.15) is 46.1 Å². The largest absolute Gasteiger partial charge is 0.493 e. The highest BCUT2D eigenvalue weighted by Crippen LogP contribution is 2.33. The fraction of sp³-hybridized carbons (Fsp3) is 0.348. The Hall–Kier alpha value is -3.31. The van der Waals surface area contributed by atoms with E-state index in [2.05, 4.69) is 12.2 Å². The number of methoxy groups -OCH3 is 2. The molecule has 2 rings (SSSR count). The molecule has 1 heterocycles. The normalized spacial score (nSPS) is 10.9. The number of thiophene rings is 1. The summed E-state index contributed by atoms with van der Waals surface area (Å²) in [5.41, 5.74) is 1.53. The van der Waals surface area contributed by atoms with Crippen LogP contribution >= 0.6 is 11.3 Å². The third-order valence-corrected chi connectivity index (χ3v) is 5.74. The SMILES string of the molecule is CCCCOc1ccc(/C=C(/C#N)C(=O)Nc2sc(C)c(C)c2C(=O)OC)cc1OC. The lowest BCUT2D eigenvalue weighted by Crippen LogP contribution is -2.15. The van der Waals surface area contributed by atoms with Crippen LogP contribution in [0.2, 0.25) is 0 Å². The first-order valence-corrected chi connectivity index (χ1v) is 10.6. The molecular formula is C23H26N2O5S. The number of esters is 1. The van der Waals surface area contributed by atoms with E-state index in [0.717, 1.165) is 23.3 Å². The van der Waals surface area contributed by atoms with Gasteiger partial charge in [0.15, 0.2) is 11.5 Å². The third-order valence-electron chi connectivity index (χ3n) is 4.62. The van der Waals surface area contributed by atoms with E-state index in [1.807, 2.05) is 13.0 Å². The summed E-state index contributed by atoms with van der Waals surface area (Å²) in [5, 5.41) is 12.5. The highest BCUT2D eigenvalue weighted by Gasteiger charge is 2.22. The molecule has 0 aliphatic rings. The molecule has 0 saturated carbocycles. The van der Waals surface area contributed by atoms with Gasteiger partial charge < -0.3 is 19.5 Å². The molecule has 0 aliphatic carbocycles. The topological polar surface area (TPSA) is 97.7 Å². The van der Waals surface area contributed by atoms with E-state index >= 15 is 0 Å². The number of carbonyl (C=O) groups is 2. The second kappa shape index (κ2) is 11.2. The minimum atomic E-state index is -0.615. The van der Waals surface area contributed by atoms with E-state index in [4.69, 9.17) is 14.2 Å². The molecule has 1 amide bonds. The Morgan fingerprint density at radius 2 is 1.97 bits per heavy atom. The van der Waals surface area contributed by atoms with E-state index in [-0.39, 0.29) is 5.57 Å². The van der Waals surface area contributed by atoms with Crippen molar-refractivity contribution in [2.45, 2.75) is 33.6 Å². The summed E-state index contributed by atoms with van der Waals surface area (Å²) in [7, 11) is 2.81. The van der Waals surface area contributed by atoms with Crippen LogP contribution < -0.4 is 14.8 Å². The smallest absolute Gasteiger partial charge is 0.341 e. The predicted octanol–water partition coefficient (Wildman–Crippen LogP) is 4.88. The molecule has 0 aliphatic heterocycles. The van der Waals surface area contributed by atoms with E-state index < -0.39 is 11.9 Å². The van der Waals surface area contributed by atoms with Crippen molar-refractivity contribution in [1.82, 2.24) is 0 Å². The Morgan fingerprint density at radius 1 is 1.23 bits per heavy atom. The first kappa shape index (κ1) is 24.0. The molecule has 164 valence electrons. The Kier molecular flexibility index (Phi) is 8.64. The third kappa shape index (κ3) is 5.86. The minimum Gasteiger partial charge on any atom is -0.493 e. The summed E-state index contributed by atoms with van der Waals surface area (Å²) in [4.78, 5) is 25.7. The van der Waals surface area contributed by atoms with Gasteiger partial charge in [0.05, 0.1) is 26.4 Å². The van der Waals surface area contributed by atoms with Crippen LogP contribution in [-0.4, -0.2) is 32.7 Å². The van der Waals surface area contributed by atoms with Gasteiger partial charge in [0.2, 0.25) is 0 Å². The van der Waals surface area contributed by atoms with Crippen molar-refractivity contribution < 1.29 is 23.8 Å². The number of ether oxygens (including phenoxy) is 3. The number of nitriles is 1. The van der Waals surface area contributed by atoms with Gasteiger partial charge in [-0.05, 0) is 49.6 Å². The maximum absolute atomic E-state index is 12.7. The van der Waals surface area contributed by atoms with Gasteiger partial charge in [-0.3, -0.25) is 4.79 Å². The van der Waals surface area contributed by atoms with E-state index in [0.29, 0.717) is 34.2 Å². The number of hydrogen-bond acceptors (Lipinski definition) is 7. The zero-order valence-electron chi connectivity index (χ0n) is 18.3. The Balaban J connectivity index is 2.28. The maximum atomic E-state index is 12.7. The number of hydrogen-bond donors (Lipinski definition) is 1. The first-order valence-electron chi connectivity index (χ1n) is 9.78. The molecule has 8 heteroatoms. The molecule has 0 radical (unpaired) electrons. The molecule has 31 heavy (non-hydrogen) atoms. The molecule has 1 aromatic carbocycles. The number of anilines is 1. The van der Waals surface area contributed by atoms with Crippen molar-refractivity contribution in [2.24, 2.45) is 0 Å². The van der Waals surface area contributed by atoms with Gasteiger partial charge in [0.25, 0.3) is 5.91 Å². The van der Waals surface area contributed by atoms with Crippen LogP contribution in [0.25, 0.3) is 6.08 Å². The van der Waals surface area contributed by atoms with E-state index in [1.54, 1.807) is 25.1 Å². The standard InChI is InChI=1S/C23H26N2O5S/c1-6-7-10-30-18-9-8-16(12-19(18)28-4)11-17(13-24)21(26)25-22-20(23(27)29-5)14(2)15(3)31-22/h8-9,11-12H,6-7,10H2,1-5H3,(H,25,26)/b17-11-. The Morgan fingerprint density at radius 3 is 2.58 bits per heavy atom. The van der Waals surface area contributed by atoms with Gasteiger partial charge >= 0.3 is 5.97 Å². The minimum absolute atomic E-state index is 0.110. The molecule has 0 bridgehead atoms. The lowest BCUT2D eigenvalue weighted by atomic mass is 10.1. The molecule has 2 aromatic rings. The average Bonchev–Trinajstić information content (AvgIpc) is 3.04.